The van der Waals surface area contributed by atoms with Crippen molar-refractivity contribution in [3.05, 3.63) is 69.8 Å². The summed E-state index contributed by atoms with van der Waals surface area (Å²) in [6.07, 6.45) is -19.4. The Balaban J connectivity index is 0.000000194. The third kappa shape index (κ3) is 7.19. The lowest BCUT2D eigenvalue weighted by molar-refractivity contribution is -0.187. The molecule has 6 rings (SSSR count). The average molecular weight is 733 g/mol. The van der Waals surface area contributed by atoms with Gasteiger partial charge in [0.2, 0.25) is 0 Å². The topological polar surface area (TPSA) is 81.2 Å². The predicted molar refractivity (Wildman–Crippen MR) is 145 cm³/mol. The number of nitrogens with zero attached hydrogens (tertiary/aromatic N) is 4. The molecule has 4 aliphatic rings. The van der Waals surface area contributed by atoms with Gasteiger partial charge in [-0.3, -0.25) is 19.2 Å². The first-order chi connectivity index (χ1) is 23.0. The van der Waals surface area contributed by atoms with E-state index >= 15 is 0 Å². The first kappa shape index (κ1) is 36.8. The van der Waals surface area contributed by atoms with Crippen LogP contribution in [-0.4, -0.2) is 107 Å². The number of alkyl halides is 12. The van der Waals surface area contributed by atoms with Crippen molar-refractivity contribution in [1.82, 2.24) is 19.6 Å². The van der Waals surface area contributed by atoms with E-state index in [1.165, 1.54) is 11.0 Å². The molecule has 0 saturated carbocycles. The summed E-state index contributed by atoms with van der Waals surface area (Å²) in [6, 6.07) is 4.50. The van der Waals surface area contributed by atoms with E-state index < -0.39 is 77.1 Å². The van der Waals surface area contributed by atoms with Crippen LogP contribution in [0.2, 0.25) is 0 Å². The fraction of sp³-hybridized carbons (Fsp3) is 0.467. The maximum Gasteiger partial charge on any atom is 0.471 e. The Morgan fingerprint density at radius 1 is 0.600 bits per heavy atom. The molecule has 4 heterocycles. The minimum atomic E-state index is -5.03. The lowest BCUT2D eigenvalue weighted by Crippen LogP contribution is -2.61. The molecule has 8 nitrogen and oxygen atoms in total. The third-order valence-corrected chi connectivity index (χ3v) is 8.79. The van der Waals surface area contributed by atoms with E-state index in [0.29, 0.717) is 9.80 Å². The summed E-state index contributed by atoms with van der Waals surface area (Å²) in [6.45, 7) is -1.69. The number of rotatable bonds is 0. The van der Waals surface area contributed by atoms with Crippen LogP contribution in [0.3, 0.4) is 0 Å². The number of carbonyl (C=O) groups is 4. The highest BCUT2D eigenvalue weighted by Gasteiger charge is 2.49. The second-order valence-electron chi connectivity index (χ2n) is 11.9. The summed E-state index contributed by atoms with van der Waals surface area (Å²) >= 11 is 0. The van der Waals surface area contributed by atoms with Gasteiger partial charge in [0, 0.05) is 44.8 Å². The summed E-state index contributed by atoms with van der Waals surface area (Å²) in [5.74, 6) is -5.40. The van der Waals surface area contributed by atoms with E-state index in [0.717, 1.165) is 35.2 Å². The summed E-state index contributed by atoms with van der Waals surface area (Å²) in [4.78, 5) is 51.2. The molecule has 2 fully saturated rings. The van der Waals surface area contributed by atoms with Crippen LogP contribution < -0.4 is 0 Å². The fourth-order valence-corrected chi connectivity index (χ4v) is 6.53. The van der Waals surface area contributed by atoms with Gasteiger partial charge in [0.1, 0.15) is 0 Å². The molecule has 50 heavy (non-hydrogen) atoms. The number of carbonyl (C=O) groups excluding carboxylic acids is 4. The van der Waals surface area contributed by atoms with E-state index in [2.05, 4.69) is 0 Å². The van der Waals surface area contributed by atoms with E-state index in [1.807, 2.05) is 0 Å². The van der Waals surface area contributed by atoms with Crippen molar-refractivity contribution in [3.8, 4) is 0 Å². The molecule has 0 N–H and O–H groups in total. The van der Waals surface area contributed by atoms with Crippen LogP contribution in [0, 0.1) is 0 Å². The van der Waals surface area contributed by atoms with Gasteiger partial charge >= 0.3 is 36.5 Å². The maximum absolute atomic E-state index is 13.1. The van der Waals surface area contributed by atoms with Crippen LogP contribution in [0.5, 0.6) is 0 Å². The molecule has 0 unspecified atom stereocenters. The summed E-state index contributed by atoms with van der Waals surface area (Å²) in [7, 11) is 0. The van der Waals surface area contributed by atoms with E-state index in [1.54, 1.807) is 0 Å². The van der Waals surface area contributed by atoms with Crippen molar-refractivity contribution in [1.29, 1.82) is 0 Å². The van der Waals surface area contributed by atoms with Gasteiger partial charge in [-0.2, -0.15) is 52.7 Å². The molecule has 2 saturated heterocycles. The van der Waals surface area contributed by atoms with Gasteiger partial charge in [-0.25, -0.2) is 0 Å². The van der Waals surface area contributed by atoms with Crippen LogP contribution in [0.4, 0.5) is 52.7 Å². The van der Waals surface area contributed by atoms with Gasteiger partial charge in [-0.1, -0.05) is 12.1 Å². The Kier molecular flexibility index (Phi) is 9.31. The predicted octanol–water partition coefficient (Wildman–Crippen LogP) is 4.95. The molecule has 0 aromatic heterocycles. The highest BCUT2D eigenvalue weighted by Crippen LogP contribution is 2.38. The molecule has 0 bridgehead atoms. The molecular weight excluding hydrogens is 708 g/mol. The molecule has 0 aliphatic carbocycles. The van der Waals surface area contributed by atoms with Gasteiger partial charge in [0.25, 0.3) is 11.8 Å². The van der Waals surface area contributed by atoms with E-state index in [4.69, 9.17) is 0 Å². The zero-order chi connectivity index (χ0) is 37.1. The molecule has 4 amide bonds. The average Bonchev–Trinajstić information content (AvgIpc) is 3.01. The molecule has 0 spiro atoms. The van der Waals surface area contributed by atoms with Crippen LogP contribution in [0.25, 0.3) is 0 Å². The van der Waals surface area contributed by atoms with Gasteiger partial charge in [0.05, 0.1) is 28.8 Å². The van der Waals surface area contributed by atoms with Crippen LogP contribution >= 0.6 is 0 Å². The highest BCUT2D eigenvalue weighted by atomic mass is 19.4. The number of amides is 4. The molecule has 20 heteroatoms. The lowest BCUT2D eigenvalue weighted by atomic mass is 9.88. The van der Waals surface area contributed by atoms with Gasteiger partial charge in [-0.15, -0.1) is 0 Å². The molecule has 272 valence electrons. The highest BCUT2D eigenvalue weighted by molar-refractivity contribution is 5.99. The Hall–Kier alpha value is -4.52. The summed E-state index contributed by atoms with van der Waals surface area (Å²) in [5, 5.41) is 0. The first-order valence-corrected chi connectivity index (χ1v) is 14.7. The fourth-order valence-electron chi connectivity index (χ4n) is 6.53. The van der Waals surface area contributed by atoms with Gasteiger partial charge in [-0.05, 0) is 48.2 Å². The monoisotopic (exact) mass is 732 g/mol. The van der Waals surface area contributed by atoms with Crippen LogP contribution in [0.1, 0.15) is 43.0 Å². The van der Waals surface area contributed by atoms with Gasteiger partial charge in [0.15, 0.2) is 0 Å². The van der Waals surface area contributed by atoms with E-state index in [9.17, 15) is 71.9 Å². The van der Waals surface area contributed by atoms with Crippen molar-refractivity contribution in [2.24, 2.45) is 0 Å². The number of hydrogen-bond acceptors (Lipinski definition) is 4. The molecule has 2 atom stereocenters. The summed E-state index contributed by atoms with van der Waals surface area (Å²) < 4.78 is 153. The zero-order valence-corrected chi connectivity index (χ0v) is 25.2. The molecule has 0 radical (unpaired) electrons. The molecule has 2 aromatic rings. The molecular formula is C30H24F12N4O4. The second-order valence-corrected chi connectivity index (χ2v) is 11.9. The number of fused-ring (bicyclic) bond motifs is 4. The van der Waals surface area contributed by atoms with Crippen molar-refractivity contribution in [2.45, 2.75) is 49.6 Å². The number of piperazine rings is 2. The van der Waals surface area contributed by atoms with Crippen molar-refractivity contribution >= 4 is 23.6 Å². The first-order valence-electron chi connectivity index (χ1n) is 14.7. The quantitative estimate of drug-likeness (QED) is 0.360. The number of benzene rings is 2. The standard InChI is InChI=1S/2C15H12F6N2O2/c16-14(17,18)9-1-2-11-8(5-9)6-10-7-22(13(25)15(19,20)21)3-4-23(10)12(11)24;16-14(17,18)10-3-1-2-8-6-9-7-22(13(25)15(19,20)21)4-5-23(9)12(24)11(8)10/h1-2,5,10H,3-4,6-7H2;1-3,9H,4-7H2/t10-;9-/m11/s1. The van der Waals surface area contributed by atoms with Crippen molar-refractivity contribution in [2.75, 3.05) is 39.3 Å². The Bertz CT molecular complexity index is 1670. The summed E-state index contributed by atoms with van der Waals surface area (Å²) in [5.41, 5.74) is -2.07. The van der Waals surface area contributed by atoms with Crippen molar-refractivity contribution in [3.63, 3.8) is 0 Å². The minimum absolute atomic E-state index is 0.0351. The Morgan fingerprint density at radius 2 is 1.10 bits per heavy atom. The molecule has 2 aromatic carbocycles. The lowest BCUT2D eigenvalue weighted by Gasteiger charge is -2.44. The van der Waals surface area contributed by atoms with Crippen molar-refractivity contribution < 1.29 is 71.9 Å². The maximum atomic E-state index is 13.1. The Labute approximate surface area is 274 Å². The largest absolute Gasteiger partial charge is 0.471 e. The van der Waals surface area contributed by atoms with E-state index in [-0.39, 0.29) is 68.8 Å². The smallest absolute Gasteiger partial charge is 0.332 e. The number of hydrogen-bond donors (Lipinski definition) is 0. The third-order valence-electron chi connectivity index (χ3n) is 8.79. The zero-order valence-electron chi connectivity index (χ0n) is 25.2. The molecule has 4 aliphatic heterocycles. The SMILES string of the molecule is O=C1c2c(cccc2C(F)(F)F)C[C@@H]2CN(C(=O)C(F)(F)F)CCN12.O=C1c2ccc(C(F)(F)F)cc2C[C@@H]2CN(C(=O)C(F)(F)F)CCN12. The minimum Gasteiger partial charge on any atom is -0.332 e. The van der Waals surface area contributed by atoms with Crippen LogP contribution in [0.15, 0.2) is 36.4 Å². The Morgan fingerprint density at radius 3 is 1.58 bits per heavy atom. The van der Waals surface area contributed by atoms with Crippen LogP contribution in [-0.2, 0) is 34.8 Å². The second kappa shape index (κ2) is 12.7. The normalized spacial score (nSPS) is 21.0. The number of halogens is 12. The van der Waals surface area contributed by atoms with Gasteiger partial charge < -0.3 is 19.6 Å².